The summed E-state index contributed by atoms with van der Waals surface area (Å²) in [5.41, 5.74) is 0.992. The van der Waals surface area contributed by atoms with Crippen LogP contribution in [0.5, 0.6) is 11.5 Å². The van der Waals surface area contributed by atoms with Gasteiger partial charge in [-0.05, 0) is 37.6 Å². The van der Waals surface area contributed by atoms with E-state index in [0.717, 1.165) is 23.5 Å². The van der Waals surface area contributed by atoms with Crippen molar-refractivity contribution < 1.29 is 14.2 Å². The van der Waals surface area contributed by atoms with E-state index >= 15 is 0 Å². The minimum Gasteiger partial charge on any atom is -0.494 e. The summed E-state index contributed by atoms with van der Waals surface area (Å²) in [5, 5.41) is 0. The lowest BCUT2D eigenvalue weighted by Crippen LogP contribution is -2.21. The highest BCUT2D eigenvalue weighted by molar-refractivity contribution is 7.64. The second-order valence-electron chi connectivity index (χ2n) is 4.33. The fraction of sp³-hybridized carbons (Fsp3) is 0.500. The molecule has 0 radical (unpaired) electrons. The van der Waals surface area contributed by atoms with Crippen molar-refractivity contribution in [3.63, 3.8) is 0 Å². The number of hydrogen-bond donors (Lipinski definition) is 0. The van der Waals surface area contributed by atoms with Crippen molar-refractivity contribution in [2.24, 2.45) is 0 Å². The van der Waals surface area contributed by atoms with Crippen molar-refractivity contribution in [2.75, 3.05) is 6.61 Å². The van der Waals surface area contributed by atoms with Gasteiger partial charge in [-0.25, -0.2) is 0 Å². The Morgan fingerprint density at radius 1 is 1.37 bits per heavy atom. The Kier molecular flexibility index (Phi) is 5.26. The zero-order chi connectivity index (χ0) is 13.9. The first-order valence-corrected chi connectivity index (χ1v) is 11.3. The molecule has 0 amide bonds. The van der Waals surface area contributed by atoms with Crippen LogP contribution in [0.4, 0.5) is 0 Å². The summed E-state index contributed by atoms with van der Waals surface area (Å²) in [5.74, 6) is 1.63. The molecule has 0 fully saturated rings. The fourth-order valence-corrected chi connectivity index (χ4v) is 3.50. The Morgan fingerprint density at radius 2 is 2.16 bits per heavy atom. The van der Waals surface area contributed by atoms with E-state index < -0.39 is 6.00 Å². The molecule has 1 aliphatic rings. The molecular formula is C12H15Cl3O3Si. The van der Waals surface area contributed by atoms with Gasteiger partial charge in [-0.3, -0.25) is 0 Å². The quantitative estimate of drug-likeness (QED) is 0.452. The lowest BCUT2D eigenvalue weighted by atomic mass is 10.2. The SMILES string of the molecule is CC1OCc2cc(OCCC[Si](Cl)(Cl)Cl)ccc2O1. The van der Waals surface area contributed by atoms with Gasteiger partial charge in [0.25, 0.3) is 0 Å². The van der Waals surface area contributed by atoms with Crippen LogP contribution in [0.2, 0.25) is 6.04 Å². The van der Waals surface area contributed by atoms with Gasteiger partial charge in [-0.2, -0.15) is 0 Å². The number of halogens is 3. The topological polar surface area (TPSA) is 27.7 Å². The van der Waals surface area contributed by atoms with Gasteiger partial charge in [0.2, 0.25) is 0 Å². The highest BCUT2D eigenvalue weighted by Gasteiger charge is 2.24. The van der Waals surface area contributed by atoms with Crippen molar-refractivity contribution >= 4 is 39.2 Å². The molecule has 1 unspecified atom stereocenters. The van der Waals surface area contributed by atoms with Gasteiger partial charge in [0.1, 0.15) is 11.5 Å². The maximum atomic E-state index is 5.80. The third-order valence-corrected chi connectivity index (χ3v) is 5.29. The third-order valence-electron chi connectivity index (χ3n) is 2.67. The van der Waals surface area contributed by atoms with Crippen molar-refractivity contribution in [1.82, 2.24) is 0 Å². The van der Waals surface area contributed by atoms with E-state index in [4.69, 9.17) is 47.4 Å². The Balaban J connectivity index is 1.85. The van der Waals surface area contributed by atoms with Gasteiger partial charge in [0.15, 0.2) is 6.29 Å². The smallest absolute Gasteiger partial charge is 0.341 e. The fourth-order valence-electron chi connectivity index (χ4n) is 1.76. The summed E-state index contributed by atoms with van der Waals surface area (Å²) >= 11 is 17.4. The number of hydrogen-bond acceptors (Lipinski definition) is 3. The Labute approximate surface area is 127 Å². The molecule has 0 saturated carbocycles. The first-order valence-electron chi connectivity index (χ1n) is 6.05. The van der Waals surface area contributed by atoms with Gasteiger partial charge in [-0.1, -0.05) is 0 Å². The zero-order valence-electron chi connectivity index (χ0n) is 10.5. The lowest BCUT2D eigenvalue weighted by Gasteiger charge is -2.24. The van der Waals surface area contributed by atoms with Gasteiger partial charge in [0.05, 0.1) is 13.2 Å². The van der Waals surface area contributed by atoms with Gasteiger partial charge < -0.3 is 14.2 Å². The zero-order valence-corrected chi connectivity index (χ0v) is 13.8. The van der Waals surface area contributed by atoms with Crippen molar-refractivity contribution in [3.8, 4) is 11.5 Å². The van der Waals surface area contributed by atoms with Crippen LogP contribution in [-0.4, -0.2) is 18.9 Å². The van der Waals surface area contributed by atoms with Crippen LogP contribution in [0.1, 0.15) is 18.9 Å². The van der Waals surface area contributed by atoms with Crippen LogP contribution >= 0.6 is 33.2 Å². The Morgan fingerprint density at radius 3 is 2.89 bits per heavy atom. The van der Waals surface area contributed by atoms with Gasteiger partial charge in [0, 0.05) is 5.56 Å². The van der Waals surface area contributed by atoms with E-state index in [2.05, 4.69) is 0 Å². The van der Waals surface area contributed by atoms with Crippen LogP contribution in [-0.2, 0) is 11.3 Å². The number of ether oxygens (including phenoxy) is 3. The number of fused-ring (bicyclic) bond motifs is 1. The molecule has 0 aliphatic carbocycles. The third kappa shape index (κ3) is 5.04. The summed E-state index contributed by atoms with van der Waals surface area (Å²) in [4.78, 5) is 0. The largest absolute Gasteiger partial charge is 0.494 e. The summed E-state index contributed by atoms with van der Waals surface area (Å²) in [6.07, 6.45) is 0.539. The monoisotopic (exact) mass is 340 g/mol. The van der Waals surface area contributed by atoms with Crippen LogP contribution in [0.15, 0.2) is 18.2 Å². The summed E-state index contributed by atoms with van der Waals surface area (Å²) in [6, 6.07) is 3.77. The van der Waals surface area contributed by atoms with E-state index in [9.17, 15) is 0 Å². The van der Waals surface area contributed by atoms with E-state index in [1.165, 1.54) is 0 Å². The van der Waals surface area contributed by atoms with E-state index in [-0.39, 0.29) is 6.29 Å². The van der Waals surface area contributed by atoms with Gasteiger partial charge in [-0.15, -0.1) is 33.2 Å². The van der Waals surface area contributed by atoms with Crippen LogP contribution in [0, 0.1) is 0 Å². The van der Waals surface area contributed by atoms with Crippen LogP contribution < -0.4 is 9.47 Å². The number of rotatable bonds is 5. The lowest BCUT2D eigenvalue weighted by molar-refractivity contribution is -0.0944. The predicted octanol–water partition coefficient (Wildman–Crippen LogP) is 4.37. The molecule has 0 bridgehead atoms. The highest BCUT2D eigenvalue weighted by atomic mass is 35.8. The molecule has 7 heteroatoms. The molecule has 2 rings (SSSR count). The van der Waals surface area contributed by atoms with E-state index in [1.807, 2.05) is 25.1 Å². The minimum absolute atomic E-state index is 0.200. The standard InChI is InChI=1S/C12H15Cl3O3Si/c1-9-17-8-10-7-11(3-4-12(10)18-9)16-5-2-6-19(13,14)15/h3-4,7,9H,2,5-6,8H2,1H3. The maximum absolute atomic E-state index is 5.80. The molecule has 1 heterocycles. The average Bonchev–Trinajstić information content (AvgIpc) is 2.33. The molecule has 1 aliphatic heterocycles. The van der Waals surface area contributed by atoms with E-state index in [1.54, 1.807) is 0 Å². The summed E-state index contributed by atoms with van der Waals surface area (Å²) in [7, 11) is 0. The molecule has 0 saturated heterocycles. The minimum atomic E-state index is -2.53. The Hall–Kier alpha value is -0.133. The highest BCUT2D eigenvalue weighted by Crippen LogP contribution is 2.30. The molecule has 3 nitrogen and oxygen atoms in total. The molecule has 1 aromatic rings. The molecule has 1 atom stereocenters. The summed E-state index contributed by atoms with van der Waals surface area (Å²) < 4.78 is 16.6. The van der Waals surface area contributed by atoms with Crippen molar-refractivity contribution in [3.05, 3.63) is 23.8 Å². The normalized spacial score (nSPS) is 18.6. The molecule has 19 heavy (non-hydrogen) atoms. The first kappa shape index (κ1) is 15.3. The number of benzene rings is 1. The molecular weight excluding hydrogens is 327 g/mol. The summed E-state index contributed by atoms with van der Waals surface area (Å²) in [6.45, 7) is 2.94. The molecule has 106 valence electrons. The first-order chi connectivity index (χ1) is 8.94. The molecule has 1 aromatic carbocycles. The molecule has 0 aromatic heterocycles. The molecule has 0 spiro atoms. The molecule has 0 N–H and O–H groups in total. The van der Waals surface area contributed by atoms with Crippen molar-refractivity contribution in [2.45, 2.75) is 32.3 Å². The second kappa shape index (κ2) is 6.55. The average molecular weight is 342 g/mol. The van der Waals surface area contributed by atoms with Crippen LogP contribution in [0.25, 0.3) is 0 Å². The maximum Gasteiger partial charge on any atom is 0.341 e. The van der Waals surface area contributed by atoms with Gasteiger partial charge >= 0.3 is 6.00 Å². The van der Waals surface area contributed by atoms with Crippen LogP contribution in [0.3, 0.4) is 0 Å². The Bertz CT molecular complexity index is 437. The predicted molar refractivity (Wildman–Crippen MR) is 79.6 cm³/mol. The second-order valence-corrected chi connectivity index (χ2v) is 13.6. The van der Waals surface area contributed by atoms with E-state index in [0.29, 0.717) is 19.3 Å². The van der Waals surface area contributed by atoms with Crippen molar-refractivity contribution in [1.29, 1.82) is 0 Å².